The van der Waals surface area contributed by atoms with Crippen molar-refractivity contribution in [2.75, 3.05) is 10.2 Å². The van der Waals surface area contributed by atoms with E-state index in [1.165, 1.54) is 0 Å². The maximum Gasteiger partial charge on any atom is 0.255 e. The van der Waals surface area contributed by atoms with E-state index in [4.69, 9.17) is 0 Å². The van der Waals surface area contributed by atoms with E-state index in [0.29, 0.717) is 22.6 Å². The molecule has 0 bridgehead atoms. The van der Waals surface area contributed by atoms with Crippen LogP contribution in [0.4, 0.5) is 22.7 Å². The first-order valence-corrected chi connectivity index (χ1v) is 10.3. The van der Waals surface area contributed by atoms with E-state index >= 15 is 0 Å². The van der Waals surface area contributed by atoms with Crippen molar-refractivity contribution in [1.29, 1.82) is 0 Å². The Hall–Kier alpha value is -4.13. The molecule has 3 aromatic rings. The number of rotatable bonds is 5. The first kappa shape index (κ1) is 21.1. The summed E-state index contributed by atoms with van der Waals surface area (Å²) in [6.45, 7) is 3.94. The van der Waals surface area contributed by atoms with E-state index in [9.17, 15) is 14.4 Å². The SMILES string of the molecule is Cc1ccc(N=Nc2cc(C)ccc2NC(=O)c2ccc(N3C(=O)CCC3=O)cc2)cc1. The molecule has 0 unspecified atom stereocenters. The molecule has 0 saturated carbocycles. The molecule has 1 heterocycles. The number of carbonyl (C=O) groups excluding carboxylic acids is 3. The average molecular weight is 426 g/mol. The standard InChI is InChI=1S/C25H22N4O3/c1-16-3-8-19(9-4-16)27-28-22-15-17(2)5-12-21(22)26-25(32)18-6-10-20(11-7-18)29-23(30)13-14-24(29)31/h3-12,15H,13-14H2,1-2H3,(H,26,32). The van der Waals surface area contributed by atoms with Gasteiger partial charge in [0, 0.05) is 18.4 Å². The van der Waals surface area contributed by atoms with Gasteiger partial charge < -0.3 is 5.32 Å². The highest BCUT2D eigenvalue weighted by molar-refractivity contribution is 6.20. The molecular formula is C25H22N4O3. The van der Waals surface area contributed by atoms with Gasteiger partial charge in [0.25, 0.3) is 5.91 Å². The van der Waals surface area contributed by atoms with Crippen molar-refractivity contribution in [3.8, 4) is 0 Å². The second-order valence-electron chi connectivity index (χ2n) is 7.68. The molecule has 3 aromatic carbocycles. The van der Waals surface area contributed by atoms with Crippen LogP contribution in [-0.2, 0) is 9.59 Å². The van der Waals surface area contributed by atoms with Crippen LogP contribution in [0.5, 0.6) is 0 Å². The smallest absolute Gasteiger partial charge is 0.255 e. The number of azo groups is 1. The molecule has 1 aliphatic heterocycles. The number of nitrogens with zero attached hydrogens (tertiary/aromatic N) is 3. The molecule has 3 amide bonds. The number of anilines is 2. The molecule has 1 fully saturated rings. The Morgan fingerprint density at radius 2 is 1.44 bits per heavy atom. The van der Waals surface area contributed by atoms with Crippen molar-refractivity contribution >= 4 is 40.5 Å². The normalized spacial score (nSPS) is 13.8. The van der Waals surface area contributed by atoms with Crippen LogP contribution in [-0.4, -0.2) is 17.7 Å². The molecule has 1 N–H and O–H groups in total. The Morgan fingerprint density at radius 1 is 0.812 bits per heavy atom. The maximum atomic E-state index is 12.8. The number of carbonyl (C=O) groups is 3. The number of nitrogens with one attached hydrogen (secondary N) is 1. The highest BCUT2D eigenvalue weighted by atomic mass is 16.2. The molecule has 7 heteroatoms. The molecule has 7 nitrogen and oxygen atoms in total. The third-order valence-corrected chi connectivity index (χ3v) is 5.15. The molecule has 0 aliphatic carbocycles. The number of imide groups is 1. The van der Waals surface area contributed by atoms with E-state index in [1.54, 1.807) is 30.3 Å². The van der Waals surface area contributed by atoms with Crippen molar-refractivity contribution in [2.45, 2.75) is 26.7 Å². The second kappa shape index (κ2) is 8.93. The van der Waals surface area contributed by atoms with E-state index in [0.717, 1.165) is 21.7 Å². The van der Waals surface area contributed by atoms with Crippen molar-refractivity contribution in [2.24, 2.45) is 10.2 Å². The van der Waals surface area contributed by atoms with E-state index < -0.39 is 0 Å². The Kier molecular flexibility index (Phi) is 5.89. The van der Waals surface area contributed by atoms with Crippen LogP contribution in [0.2, 0.25) is 0 Å². The number of aryl methyl sites for hydroxylation is 2. The van der Waals surface area contributed by atoms with Crippen LogP contribution in [0.25, 0.3) is 0 Å². The Balaban J connectivity index is 1.52. The molecule has 0 radical (unpaired) electrons. The van der Waals surface area contributed by atoms with Crippen LogP contribution in [0.1, 0.15) is 34.3 Å². The zero-order valence-electron chi connectivity index (χ0n) is 17.8. The van der Waals surface area contributed by atoms with E-state index in [-0.39, 0.29) is 30.6 Å². The van der Waals surface area contributed by atoms with Crippen LogP contribution in [0, 0.1) is 13.8 Å². The zero-order chi connectivity index (χ0) is 22.7. The summed E-state index contributed by atoms with van der Waals surface area (Å²) in [5, 5.41) is 11.5. The lowest BCUT2D eigenvalue weighted by Crippen LogP contribution is -2.28. The number of amides is 3. The zero-order valence-corrected chi connectivity index (χ0v) is 17.8. The van der Waals surface area contributed by atoms with Crippen LogP contribution in [0.15, 0.2) is 77.0 Å². The predicted molar refractivity (Wildman–Crippen MR) is 123 cm³/mol. The van der Waals surface area contributed by atoms with Gasteiger partial charge >= 0.3 is 0 Å². The van der Waals surface area contributed by atoms with Crippen LogP contribution < -0.4 is 10.2 Å². The molecule has 0 aromatic heterocycles. The first-order valence-electron chi connectivity index (χ1n) is 10.3. The first-order chi connectivity index (χ1) is 15.4. The lowest BCUT2D eigenvalue weighted by molar-refractivity contribution is -0.121. The Bertz CT molecular complexity index is 1200. The molecule has 0 atom stereocenters. The number of hydrogen-bond donors (Lipinski definition) is 1. The summed E-state index contributed by atoms with van der Waals surface area (Å²) in [4.78, 5) is 37.7. The number of benzene rings is 3. The minimum atomic E-state index is -0.328. The van der Waals surface area contributed by atoms with Gasteiger partial charge in [-0.3, -0.25) is 19.3 Å². The molecule has 0 spiro atoms. The molecule has 32 heavy (non-hydrogen) atoms. The van der Waals surface area contributed by atoms with Gasteiger partial charge in [0.2, 0.25) is 11.8 Å². The van der Waals surface area contributed by atoms with E-state index in [2.05, 4.69) is 15.5 Å². The largest absolute Gasteiger partial charge is 0.320 e. The summed E-state index contributed by atoms with van der Waals surface area (Å²) in [7, 11) is 0. The Morgan fingerprint density at radius 3 is 2.09 bits per heavy atom. The van der Waals surface area contributed by atoms with Crippen molar-refractivity contribution < 1.29 is 14.4 Å². The fourth-order valence-electron chi connectivity index (χ4n) is 3.37. The van der Waals surface area contributed by atoms with Gasteiger partial charge in [0.15, 0.2) is 0 Å². The molecule has 4 rings (SSSR count). The van der Waals surface area contributed by atoms with Gasteiger partial charge in [0.05, 0.1) is 17.1 Å². The highest BCUT2D eigenvalue weighted by Gasteiger charge is 2.30. The number of hydrogen-bond acceptors (Lipinski definition) is 5. The van der Waals surface area contributed by atoms with Crippen LogP contribution >= 0.6 is 0 Å². The minimum Gasteiger partial charge on any atom is -0.320 e. The monoisotopic (exact) mass is 426 g/mol. The minimum absolute atomic E-state index is 0.217. The summed E-state index contributed by atoms with van der Waals surface area (Å²) < 4.78 is 0. The average Bonchev–Trinajstić information content (AvgIpc) is 3.13. The van der Waals surface area contributed by atoms with Gasteiger partial charge in [0.1, 0.15) is 5.69 Å². The summed E-state index contributed by atoms with van der Waals surface area (Å²) >= 11 is 0. The third kappa shape index (κ3) is 4.62. The van der Waals surface area contributed by atoms with Gasteiger partial charge in [-0.1, -0.05) is 23.8 Å². The fraction of sp³-hybridized carbons (Fsp3) is 0.160. The van der Waals surface area contributed by atoms with Gasteiger partial charge in [-0.25, -0.2) is 0 Å². The summed E-state index contributed by atoms with van der Waals surface area (Å²) in [6, 6.07) is 19.6. The lowest BCUT2D eigenvalue weighted by Gasteiger charge is -2.14. The maximum absolute atomic E-state index is 12.8. The fourth-order valence-corrected chi connectivity index (χ4v) is 3.37. The van der Waals surface area contributed by atoms with Crippen molar-refractivity contribution in [3.63, 3.8) is 0 Å². The van der Waals surface area contributed by atoms with Gasteiger partial charge in [-0.15, -0.1) is 5.11 Å². The molecule has 160 valence electrons. The molecule has 1 saturated heterocycles. The van der Waals surface area contributed by atoms with Crippen molar-refractivity contribution in [3.05, 3.63) is 83.4 Å². The highest BCUT2D eigenvalue weighted by Crippen LogP contribution is 2.29. The van der Waals surface area contributed by atoms with Crippen LogP contribution in [0.3, 0.4) is 0 Å². The summed E-state index contributed by atoms with van der Waals surface area (Å²) in [5.41, 5.74) is 4.79. The predicted octanol–water partition coefficient (Wildman–Crippen LogP) is 5.62. The van der Waals surface area contributed by atoms with Crippen molar-refractivity contribution in [1.82, 2.24) is 0 Å². The Labute approximate surface area is 185 Å². The van der Waals surface area contributed by atoms with Gasteiger partial charge in [-0.05, 0) is 67.9 Å². The molecular weight excluding hydrogens is 404 g/mol. The van der Waals surface area contributed by atoms with E-state index in [1.807, 2.05) is 50.2 Å². The quantitative estimate of drug-likeness (QED) is 0.424. The third-order valence-electron chi connectivity index (χ3n) is 5.15. The topological polar surface area (TPSA) is 91.2 Å². The summed E-state index contributed by atoms with van der Waals surface area (Å²) in [5.74, 6) is -0.780. The lowest BCUT2D eigenvalue weighted by atomic mass is 10.1. The summed E-state index contributed by atoms with van der Waals surface area (Å²) in [6.07, 6.45) is 0.433. The second-order valence-corrected chi connectivity index (χ2v) is 7.68. The molecule has 1 aliphatic rings. The van der Waals surface area contributed by atoms with Gasteiger partial charge in [-0.2, -0.15) is 5.11 Å².